The van der Waals surface area contributed by atoms with Gasteiger partial charge in [0, 0.05) is 47.6 Å². The van der Waals surface area contributed by atoms with Crippen LogP contribution in [0.15, 0.2) is 54.6 Å². The minimum Gasteiger partial charge on any atom is -0.508 e. The molecule has 0 saturated carbocycles. The standard InChI is InChI=1S/C29H31N3O8S/c30-7-9-36-11-13-38-14-12-37-10-8-31-28(41)32-18-1-4-22-21(15-18)27(35)40-29(22)23-5-2-19(33)16-25(23)39-26-17-20(34)3-6-24(26)29/h1-6,15-17,33-34H,7-14,30H2,(H2,31,32,41). The first kappa shape index (κ1) is 28.6. The smallest absolute Gasteiger partial charge is 0.340 e. The molecule has 1 spiro atoms. The molecule has 0 amide bonds. The number of nitrogens with two attached hydrogens (primary N) is 1. The Bertz CT molecular complexity index is 1380. The Hall–Kier alpha value is -3.94. The molecule has 12 heteroatoms. The zero-order valence-corrected chi connectivity index (χ0v) is 23.0. The number of phenolic OH excluding ortho intramolecular Hbond substituents is 2. The zero-order valence-electron chi connectivity index (χ0n) is 22.2. The minimum atomic E-state index is -1.31. The molecule has 216 valence electrons. The Morgan fingerprint density at radius 1 is 0.829 bits per heavy atom. The molecule has 3 aromatic carbocycles. The fourth-order valence-corrected chi connectivity index (χ4v) is 5.04. The number of carbonyl (C=O) groups excluding carboxylic acids is 1. The number of fused-ring (bicyclic) bond motifs is 6. The summed E-state index contributed by atoms with van der Waals surface area (Å²) in [5.41, 5.74) is 6.72. The van der Waals surface area contributed by atoms with Crippen molar-refractivity contribution in [2.75, 3.05) is 58.0 Å². The zero-order chi connectivity index (χ0) is 28.8. The van der Waals surface area contributed by atoms with Gasteiger partial charge in [-0.1, -0.05) is 6.07 Å². The van der Waals surface area contributed by atoms with Gasteiger partial charge in [-0.3, -0.25) is 0 Å². The SMILES string of the molecule is NCCOCCOCCOCCNC(=S)Nc1ccc2c(c1)C(=O)OC21c2ccc(O)cc2Oc2cc(O)ccc21. The van der Waals surface area contributed by atoms with Gasteiger partial charge >= 0.3 is 5.97 Å². The highest BCUT2D eigenvalue weighted by atomic mass is 32.1. The molecule has 0 bridgehead atoms. The van der Waals surface area contributed by atoms with Crippen LogP contribution in [0.25, 0.3) is 0 Å². The number of ether oxygens (including phenoxy) is 5. The number of carbonyl (C=O) groups is 1. The van der Waals surface area contributed by atoms with E-state index in [2.05, 4.69) is 10.6 Å². The Labute approximate surface area is 242 Å². The van der Waals surface area contributed by atoms with Crippen LogP contribution in [-0.4, -0.2) is 74.0 Å². The lowest BCUT2D eigenvalue weighted by molar-refractivity contribution is 0.0170. The third kappa shape index (κ3) is 6.06. The van der Waals surface area contributed by atoms with Gasteiger partial charge in [0.05, 0.1) is 45.2 Å². The number of aromatic hydroxyl groups is 2. The summed E-state index contributed by atoms with van der Waals surface area (Å²) in [6.07, 6.45) is 0. The molecule has 0 fully saturated rings. The molecule has 0 radical (unpaired) electrons. The van der Waals surface area contributed by atoms with Crippen molar-refractivity contribution in [3.63, 3.8) is 0 Å². The molecule has 2 aliphatic rings. The summed E-state index contributed by atoms with van der Waals surface area (Å²) in [5, 5.41) is 26.7. The minimum absolute atomic E-state index is 0.00417. The quantitative estimate of drug-likeness (QED) is 0.121. The summed E-state index contributed by atoms with van der Waals surface area (Å²) in [4.78, 5) is 13.2. The fraction of sp³-hybridized carbons (Fsp3) is 0.310. The van der Waals surface area contributed by atoms with Crippen LogP contribution in [0, 0.1) is 0 Å². The van der Waals surface area contributed by atoms with E-state index in [0.29, 0.717) is 97.3 Å². The second-order valence-corrected chi connectivity index (χ2v) is 9.71. The van der Waals surface area contributed by atoms with Crippen molar-refractivity contribution in [1.82, 2.24) is 5.32 Å². The van der Waals surface area contributed by atoms with E-state index in [9.17, 15) is 15.0 Å². The number of hydrogen-bond acceptors (Lipinski definition) is 10. The van der Waals surface area contributed by atoms with Gasteiger partial charge < -0.3 is 50.3 Å². The summed E-state index contributed by atoms with van der Waals surface area (Å²) in [5.74, 6) is 0.110. The summed E-state index contributed by atoms with van der Waals surface area (Å²) in [7, 11) is 0. The van der Waals surface area contributed by atoms with Crippen molar-refractivity contribution >= 4 is 29.0 Å². The number of phenols is 2. The molecule has 0 unspecified atom stereocenters. The second-order valence-electron chi connectivity index (χ2n) is 9.30. The van der Waals surface area contributed by atoms with Gasteiger partial charge in [-0.15, -0.1) is 0 Å². The normalized spacial score (nSPS) is 14.0. The van der Waals surface area contributed by atoms with Crippen LogP contribution in [0.2, 0.25) is 0 Å². The molecular formula is C29H31N3O8S. The molecule has 0 saturated heterocycles. The van der Waals surface area contributed by atoms with E-state index < -0.39 is 11.6 Å². The lowest BCUT2D eigenvalue weighted by atomic mass is 9.77. The number of hydrogen-bond donors (Lipinski definition) is 5. The van der Waals surface area contributed by atoms with E-state index in [0.717, 1.165) is 0 Å². The van der Waals surface area contributed by atoms with Crippen molar-refractivity contribution < 1.29 is 38.7 Å². The maximum absolute atomic E-state index is 13.2. The monoisotopic (exact) mass is 581 g/mol. The maximum Gasteiger partial charge on any atom is 0.340 e. The first-order valence-corrected chi connectivity index (χ1v) is 13.5. The van der Waals surface area contributed by atoms with Crippen molar-refractivity contribution in [3.8, 4) is 23.0 Å². The van der Waals surface area contributed by atoms with Crippen molar-refractivity contribution in [3.05, 3.63) is 76.9 Å². The number of esters is 1. The fourth-order valence-electron chi connectivity index (χ4n) is 4.82. The highest BCUT2D eigenvalue weighted by molar-refractivity contribution is 7.80. The van der Waals surface area contributed by atoms with Crippen LogP contribution >= 0.6 is 12.2 Å². The second kappa shape index (κ2) is 12.7. The van der Waals surface area contributed by atoms with Crippen LogP contribution < -0.4 is 21.1 Å². The van der Waals surface area contributed by atoms with E-state index in [1.165, 1.54) is 24.3 Å². The van der Waals surface area contributed by atoms with Crippen molar-refractivity contribution in [2.24, 2.45) is 5.73 Å². The third-order valence-electron chi connectivity index (χ3n) is 6.57. The molecule has 0 aromatic heterocycles. The number of anilines is 1. The molecule has 3 aromatic rings. The van der Waals surface area contributed by atoms with Crippen molar-refractivity contribution in [1.29, 1.82) is 0 Å². The van der Waals surface area contributed by atoms with E-state index >= 15 is 0 Å². The lowest BCUT2D eigenvalue weighted by Gasteiger charge is -2.36. The molecule has 0 atom stereocenters. The average Bonchev–Trinajstić information content (AvgIpc) is 3.23. The summed E-state index contributed by atoms with van der Waals surface area (Å²) in [6.45, 7) is 3.83. The highest BCUT2D eigenvalue weighted by Gasteiger charge is 2.53. The van der Waals surface area contributed by atoms with Gasteiger partial charge in [0.1, 0.15) is 23.0 Å². The van der Waals surface area contributed by atoms with Gasteiger partial charge in [-0.05, 0) is 48.6 Å². The number of rotatable bonds is 12. The molecular weight excluding hydrogens is 550 g/mol. The van der Waals surface area contributed by atoms with E-state index in [1.807, 2.05) is 0 Å². The molecule has 2 heterocycles. The Morgan fingerprint density at radius 2 is 1.41 bits per heavy atom. The molecule has 0 aliphatic carbocycles. The molecule has 11 nitrogen and oxygen atoms in total. The largest absolute Gasteiger partial charge is 0.508 e. The average molecular weight is 582 g/mol. The van der Waals surface area contributed by atoms with Crippen molar-refractivity contribution in [2.45, 2.75) is 5.60 Å². The van der Waals surface area contributed by atoms with E-state index in [4.69, 9.17) is 41.6 Å². The van der Waals surface area contributed by atoms with Crippen LogP contribution in [0.5, 0.6) is 23.0 Å². The maximum atomic E-state index is 13.2. The van der Waals surface area contributed by atoms with Crippen LogP contribution in [0.3, 0.4) is 0 Å². The molecule has 5 rings (SSSR count). The van der Waals surface area contributed by atoms with Gasteiger partial charge in [0.2, 0.25) is 0 Å². The molecule has 2 aliphatic heterocycles. The number of benzene rings is 3. The Morgan fingerprint density at radius 3 is 2.05 bits per heavy atom. The first-order chi connectivity index (χ1) is 19.9. The summed E-state index contributed by atoms with van der Waals surface area (Å²) < 4.78 is 28.2. The lowest BCUT2D eigenvalue weighted by Crippen LogP contribution is -2.33. The van der Waals surface area contributed by atoms with Gasteiger partial charge in [-0.25, -0.2) is 4.79 Å². The van der Waals surface area contributed by atoms with E-state index in [1.54, 1.807) is 30.3 Å². The number of nitrogens with one attached hydrogen (secondary N) is 2. The third-order valence-corrected chi connectivity index (χ3v) is 6.82. The Balaban J connectivity index is 1.22. The van der Waals surface area contributed by atoms with E-state index in [-0.39, 0.29) is 11.5 Å². The first-order valence-electron chi connectivity index (χ1n) is 13.1. The summed E-state index contributed by atoms with van der Waals surface area (Å²) >= 11 is 5.41. The van der Waals surface area contributed by atoms with Gasteiger partial charge in [0.15, 0.2) is 10.7 Å². The van der Waals surface area contributed by atoms with Crippen LogP contribution in [-0.2, 0) is 24.5 Å². The Kier molecular flexibility index (Phi) is 8.86. The van der Waals surface area contributed by atoms with Crippen LogP contribution in [0.1, 0.15) is 27.0 Å². The molecule has 6 N–H and O–H groups in total. The summed E-state index contributed by atoms with van der Waals surface area (Å²) in [6, 6.07) is 14.5. The predicted molar refractivity (Wildman–Crippen MR) is 154 cm³/mol. The van der Waals surface area contributed by atoms with Gasteiger partial charge in [0.25, 0.3) is 0 Å². The topological polar surface area (TPSA) is 154 Å². The van der Waals surface area contributed by atoms with Gasteiger partial charge in [-0.2, -0.15) is 0 Å². The highest BCUT2D eigenvalue weighted by Crippen LogP contribution is 2.57. The molecule has 41 heavy (non-hydrogen) atoms. The predicted octanol–water partition coefficient (Wildman–Crippen LogP) is 2.96. The number of thiocarbonyl (C=S) groups is 1. The van der Waals surface area contributed by atoms with Crippen LogP contribution in [0.4, 0.5) is 5.69 Å².